The second-order valence-electron chi connectivity index (χ2n) is 5.15. The van der Waals surface area contributed by atoms with Crippen LogP contribution in [0.4, 0.5) is 5.69 Å². The zero-order chi connectivity index (χ0) is 14.5. The average Bonchev–Trinajstić information content (AvgIpc) is 2.43. The molecule has 0 saturated carbocycles. The Labute approximate surface area is 124 Å². The van der Waals surface area contributed by atoms with Gasteiger partial charge < -0.3 is 4.90 Å². The molecule has 5 nitrogen and oxygen atoms in total. The molecule has 0 bridgehead atoms. The van der Waals surface area contributed by atoms with E-state index in [0.717, 1.165) is 38.3 Å². The zero-order valence-corrected chi connectivity index (χ0v) is 12.5. The summed E-state index contributed by atoms with van der Waals surface area (Å²) >= 11 is 6.14. The highest BCUT2D eigenvalue weighted by atomic mass is 35.5. The molecular weight excluding hydrogens is 278 g/mol. The number of benzene rings is 1. The first-order valence-corrected chi connectivity index (χ1v) is 7.35. The Hall–Kier alpha value is -1.17. The van der Waals surface area contributed by atoms with Gasteiger partial charge in [0.1, 0.15) is 0 Å². The van der Waals surface area contributed by atoms with Crippen LogP contribution >= 0.6 is 11.6 Å². The number of piperazine rings is 1. The number of hydrogen-bond acceptors (Lipinski definition) is 4. The van der Waals surface area contributed by atoms with Gasteiger partial charge in [0.15, 0.2) is 0 Å². The highest BCUT2D eigenvalue weighted by Gasteiger charge is 2.18. The Morgan fingerprint density at radius 2 is 1.90 bits per heavy atom. The smallest absolute Gasteiger partial charge is 0.269 e. The van der Waals surface area contributed by atoms with Gasteiger partial charge in [0, 0.05) is 49.9 Å². The van der Waals surface area contributed by atoms with E-state index < -0.39 is 0 Å². The topological polar surface area (TPSA) is 49.6 Å². The number of rotatable bonds is 5. The van der Waals surface area contributed by atoms with Gasteiger partial charge in [-0.3, -0.25) is 15.0 Å². The van der Waals surface area contributed by atoms with Crippen molar-refractivity contribution in [1.29, 1.82) is 0 Å². The first-order chi connectivity index (χ1) is 9.60. The normalized spacial score (nSPS) is 17.3. The van der Waals surface area contributed by atoms with Crippen molar-refractivity contribution in [3.8, 4) is 0 Å². The maximum Gasteiger partial charge on any atom is 0.269 e. The molecule has 20 heavy (non-hydrogen) atoms. The second kappa shape index (κ2) is 7.02. The van der Waals surface area contributed by atoms with Crippen molar-refractivity contribution in [2.45, 2.75) is 19.9 Å². The molecule has 1 aromatic carbocycles. The van der Waals surface area contributed by atoms with Gasteiger partial charge >= 0.3 is 0 Å². The van der Waals surface area contributed by atoms with Crippen molar-refractivity contribution in [3.05, 3.63) is 38.9 Å². The third-order valence-electron chi connectivity index (χ3n) is 3.64. The molecule has 6 heteroatoms. The summed E-state index contributed by atoms with van der Waals surface area (Å²) in [5.41, 5.74) is 0.943. The van der Waals surface area contributed by atoms with Crippen LogP contribution in [-0.2, 0) is 6.54 Å². The lowest BCUT2D eigenvalue weighted by Gasteiger charge is -2.34. The van der Waals surface area contributed by atoms with Gasteiger partial charge in [-0.05, 0) is 24.6 Å². The summed E-state index contributed by atoms with van der Waals surface area (Å²) in [5, 5.41) is 11.4. The Balaban J connectivity index is 1.97. The molecule has 1 saturated heterocycles. The van der Waals surface area contributed by atoms with E-state index in [9.17, 15) is 10.1 Å². The molecule has 1 fully saturated rings. The Kier molecular flexibility index (Phi) is 5.34. The number of non-ortho nitro benzene ring substituents is 1. The van der Waals surface area contributed by atoms with Gasteiger partial charge in [-0.15, -0.1) is 0 Å². The minimum absolute atomic E-state index is 0.106. The van der Waals surface area contributed by atoms with E-state index in [1.165, 1.54) is 12.5 Å². The maximum atomic E-state index is 10.8. The zero-order valence-electron chi connectivity index (χ0n) is 11.7. The number of nitro groups is 1. The molecule has 110 valence electrons. The summed E-state index contributed by atoms with van der Waals surface area (Å²) in [6, 6.07) is 4.65. The quantitative estimate of drug-likeness (QED) is 0.619. The van der Waals surface area contributed by atoms with Crippen molar-refractivity contribution < 1.29 is 4.92 Å². The van der Waals surface area contributed by atoms with E-state index in [1.807, 2.05) is 0 Å². The Morgan fingerprint density at radius 3 is 2.50 bits per heavy atom. The van der Waals surface area contributed by atoms with Crippen LogP contribution in [0, 0.1) is 10.1 Å². The van der Waals surface area contributed by atoms with Crippen LogP contribution in [0.3, 0.4) is 0 Å². The Bertz CT molecular complexity index is 473. The summed E-state index contributed by atoms with van der Waals surface area (Å²) in [6.45, 7) is 8.10. The van der Waals surface area contributed by atoms with Gasteiger partial charge in [0.25, 0.3) is 5.69 Å². The number of halogens is 1. The third-order valence-corrected chi connectivity index (χ3v) is 4.01. The molecule has 1 aliphatic heterocycles. The van der Waals surface area contributed by atoms with E-state index in [4.69, 9.17) is 11.6 Å². The monoisotopic (exact) mass is 297 g/mol. The van der Waals surface area contributed by atoms with Crippen molar-refractivity contribution in [2.24, 2.45) is 0 Å². The van der Waals surface area contributed by atoms with E-state index in [-0.39, 0.29) is 10.6 Å². The molecule has 0 atom stereocenters. The van der Waals surface area contributed by atoms with E-state index in [0.29, 0.717) is 11.6 Å². The third kappa shape index (κ3) is 3.91. The fourth-order valence-electron chi connectivity index (χ4n) is 2.52. The molecular formula is C14H20ClN3O2. The highest BCUT2D eigenvalue weighted by molar-refractivity contribution is 6.31. The first kappa shape index (κ1) is 15.2. The predicted octanol–water partition coefficient (Wildman–Crippen LogP) is 2.78. The van der Waals surface area contributed by atoms with Crippen LogP contribution in [0.2, 0.25) is 5.02 Å². The second-order valence-corrected chi connectivity index (χ2v) is 5.56. The molecule has 1 aliphatic rings. The molecule has 0 aliphatic carbocycles. The lowest BCUT2D eigenvalue weighted by molar-refractivity contribution is -0.384. The van der Waals surface area contributed by atoms with Crippen LogP contribution in [0.1, 0.15) is 18.9 Å². The summed E-state index contributed by atoms with van der Waals surface area (Å²) in [6.07, 6.45) is 1.18. The molecule has 0 aromatic heterocycles. The summed E-state index contributed by atoms with van der Waals surface area (Å²) < 4.78 is 0. The number of nitro benzene ring substituents is 1. The summed E-state index contributed by atoms with van der Waals surface area (Å²) in [4.78, 5) is 15.2. The molecule has 0 amide bonds. The van der Waals surface area contributed by atoms with Crippen LogP contribution in [0.25, 0.3) is 0 Å². The summed E-state index contributed by atoms with van der Waals surface area (Å²) in [5.74, 6) is 0. The van der Waals surface area contributed by atoms with Crippen molar-refractivity contribution >= 4 is 17.3 Å². The van der Waals surface area contributed by atoms with Crippen molar-refractivity contribution in [1.82, 2.24) is 9.80 Å². The SMILES string of the molecule is CCCN1CCN(Cc2cc([N+](=O)[O-])ccc2Cl)CC1. The molecule has 0 spiro atoms. The van der Waals surface area contributed by atoms with E-state index in [1.54, 1.807) is 12.1 Å². The minimum atomic E-state index is -0.376. The molecule has 0 N–H and O–H groups in total. The standard InChI is InChI=1S/C14H20ClN3O2/c1-2-5-16-6-8-17(9-7-16)11-12-10-13(18(19)20)3-4-14(12)15/h3-4,10H,2,5-9,11H2,1H3. The lowest BCUT2D eigenvalue weighted by Crippen LogP contribution is -2.46. The van der Waals surface area contributed by atoms with Gasteiger partial charge in [-0.1, -0.05) is 18.5 Å². The summed E-state index contributed by atoms with van der Waals surface area (Å²) in [7, 11) is 0. The van der Waals surface area contributed by atoms with Gasteiger partial charge in [0.05, 0.1) is 4.92 Å². The molecule has 0 unspecified atom stereocenters. The predicted molar refractivity (Wildman–Crippen MR) is 80.1 cm³/mol. The van der Waals surface area contributed by atoms with Gasteiger partial charge in [-0.25, -0.2) is 0 Å². The lowest BCUT2D eigenvalue weighted by atomic mass is 10.1. The average molecular weight is 298 g/mol. The van der Waals surface area contributed by atoms with Crippen molar-refractivity contribution in [2.75, 3.05) is 32.7 Å². The Morgan fingerprint density at radius 1 is 1.25 bits per heavy atom. The number of hydrogen-bond donors (Lipinski definition) is 0. The maximum absolute atomic E-state index is 10.8. The van der Waals surface area contributed by atoms with Crippen LogP contribution in [0.5, 0.6) is 0 Å². The highest BCUT2D eigenvalue weighted by Crippen LogP contribution is 2.23. The fraction of sp³-hybridized carbons (Fsp3) is 0.571. The molecule has 1 aromatic rings. The van der Waals surface area contributed by atoms with E-state index in [2.05, 4.69) is 16.7 Å². The molecule has 1 heterocycles. The van der Waals surface area contributed by atoms with Gasteiger partial charge in [0.2, 0.25) is 0 Å². The van der Waals surface area contributed by atoms with E-state index >= 15 is 0 Å². The molecule has 0 radical (unpaired) electrons. The minimum Gasteiger partial charge on any atom is -0.301 e. The fourth-order valence-corrected chi connectivity index (χ4v) is 2.70. The van der Waals surface area contributed by atoms with Gasteiger partial charge in [-0.2, -0.15) is 0 Å². The largest absolute Gasteiger partial charge is 0.301 e. The van der Waals surface area contributed by atoms with Crippen LogP contribution in [-0.4, -0.2) is 47.4 Å². The van der Waals surface area contributed by atoms with Crippen LogP contribution in [0.15, 0.2) is 18.2 Å². The number of nitrogens with zero attached hydrogens (tertiary/aromatic N) is 3. The first-order valence-electron chi connectivity index (χ1n) is 6.97. The van der Waals surface area contributed by atoms with Crippen molar-refractivity contribution in [3.63, 3.8) is 0 Å². The van der Waals surface area contributed by atoms with Crippen LogP contribution < -0.4 is 0 Å². The molecule has 2 rings (SSSR count).